The van der Waals surface area contributed by atoms with E-state index >= 15 is 0 Å². The lowest BCUT2D eigenvalue weighted by molar-refractivity contribution is -0.123. The molecule has 0 aliphatic rings. The molecule has 0 fully saturated rings. The number of amides is 1. The van der Waals surface area contributed by atoms with Crippen LogP contribution in [0.3, 0.4) is 0 Å². The number of hydrogen-bond donors (Lipinski definition) is 1. The second kappa shape index (κ2) is 5.08. The minimum absolute atomic E-state index is 0.117. The SMILES string of the molecule is CCc1nccc(NC(=O)C(C)(C)C)c1C=O. The lowest BCUT2D eigenvalue weighted by Gasteiger charge is -2.18. The molecular weight excluding hydrogens is 216 g/mol. The molecule has 1 aromatic heterocycles. The zero-order chi connectivity index (χ0) is 13.1. The van der Waals surface area contributed by atoms with E-state index in [1.807, 2.05) is 27.7 Å². The van der Waals surface area contributed by atoms with Crippen molar-refractivity contribution >= 4 is 17.9 Å². The van der Waals surface area contributed by atoms with Gasteiger partial charge in [-0.15, -0.1) is 0 Å². The first-order valence-electron chi connectivity index (χ1n) is 5.64. The van der Waals surface area contributed by atoms with E-state index in [1.165, 1.54) is 0 Å². The summed E-state index contributed by atoms with van der Waals surface area (Å²) >= 11 is 0. The number of nitrogens with zero attached hydrogens (tertiary/aromatic N) is 1. The third kappa shape index (κ3) is 3.12. The molecule has 1 aromatic rings. The topological polar surface area (TPSA) is 59.1 Å². The standard InChI is InChI=1S/C13H18N2O2/c1-5-10-9(8-16)11(6-7-14-10)15-12(17)13(2,3)4/h6-8H,5H2,1-4H3,(H,14,15,17). The summed E-state index contributed by atoms with van der Waals surface area (Å²) in [6.45, 7) is 7.39. The van der Waals surface area contributed by atoms with Crippen molar-refractivity contribution in [2.24, 2.45) is 5.41 Å². The van der Waals surface area contributed by atoms with Gasteiger partial charge in [0.05, 0.1) is 16.9 Å². The van der Waals surface area contributed by atoms with Gasteiger partial charge in [0.25, 0.3) is 0 Å². The summed E-state index contributed by atoms with van der Waals surface area (Å²) in [5, 5.41) is 2.77. The predicted molar refractivity (Wildman–Crippen MR) is 67.1 cm³/mol. The van der Waals surface area contributed by atoms with E-state index in [4.69, 9.17) is 0 Å². The number of rotatable bonds is 3. The first kappa shape index (κ1) is 13.4. The van der Waals surface area contributed by atoms with E-state index in [2.05, 4.69) is 10.3 Å². The number of aromatic nitrogens is 1. The van der Waals surface area contributed by atoms with Gasteiger partial charge in [0.2, 0.25) is 5.91 Å². The molecule has 4 heteroatoms. The van der Waals surface area contributed by atoms with Crippen molar-refractivity contribution in [1.29, 1.82) is 0 Å². The van der Waals surface area contributed by atoms with Crippen molar-refractivity contribution in [3.8, 4) is 0 Å². The number of nitrogens with one attached hydrogen (secondary N) is 1. The van der Waals surface area contributed by atoms with E-state index in [1.54, 1.807) is 12.3 Å². The highest BCUT2D eigenvalue weighted by Gasteiger charge is 2.22. The van der Waals surface area contributed by atoms with E-state index in [0.29, 0.717) is 23.4 Å². The minimum Gasteiger partial charge on any atom is -0.325 e. The molecule has 4 nitrogen and oxygen atoms in total. The van der Waals surface area contributed by atoms with Crippen LogP contribution in [0.4, 0.5) is 5.69 Å². The second-order valence-corrected chi connectivity index (χ2v) is 4.89. The van der Waals surface area contributed by atoms with Gasteiger partial charge in [0, 0.05) is 11.6 Å². The van der Waals surface area contributed by atoms with Crippen LogP contribution in [0.1, 0.15) is 43.7 Å². The van der Waals surface area contributed by atoms with Crippen LogP contribution in [-0.4, -0.2) is 17.2 Å². The van der Waals surface area contributed by atoms with Gasteiger partial charge in [-0.2, -0.15) is 0 Å². The van der Waals surface area contributed by atoms with Gasteiger partial charge in [-0.1, -0.05) is 27.7 Å². The smallest absolute Gasteiger partial charge is 0.229 e. The van der Waals surface area contributed by atoms with Gasteiger partial charge in [-0.3, -0.25) is 14.6 Å². The summed E-state index contributed by atoms with van der Waals surface area (Å²) in [6, 6.07) is 1.65. The van der Waals surface area contributed by atoms with Crippen LogP contribution in [0, 0.1) is 5.41 Å². The average molecular weight is 234 g/mol. The van der Waals surface area contributed by atoms with Crippen molar-refractivity contribution in [2.75, 3.05) is 5.32 Å². The average Bonchev–Trinajstić information content (AvgIpc) is 2.27. The molecule has 0 spiro atoms. The molecule has 0 unspecified atom stereocenters. The maximum atomic E-state index is 11.9. The molecule has 92 valence electrons. The zero-order valence-corrected chi connectivity index (χ0v) is 10.7. The van der Waals surface area contributed by atoms with Gasteiger partial charge in [0.15, 0.2) is 6.29 Å². The van der Waals surface area contributed by atoms with Crippen molar-refractivity contribution in [2.45, 2.75) is 34.1 Å². The highest BCUT2D eigenvalue weighted by molar-refractivity contribution is 5.99. The Bertz CT molecular complexity index is 434. The van der Waals surface area contributed by atoms with E-state index < -0.39 is 5.41 Å². The summed E-state index contributed by atoms with van der Waals surface area (Å²) in [7, 11) is 0. The van der Waals surface area contributed by atoms with Gasteiger partial charge in [-0.05, 0) is 12.5 Å². The Morgan fingerprint density at radius 2 is 2.12 bits per heavy atom. The zero-order valence-electron chi connectivity index (χ0n) is 10.7. The fraction of sp³-hybridized carbons (Fsp3) is 0.462. The van der Waals surface area contributed by atoms with E-state index in [0.717, 1.165) is 6.29 Å². The predicted octanol–water partition coefficient (Wildman–Crippen LogP) is 2.44. The van der Waals surface area contributed by atoms with Crippen molar-refractivity contribution < 1.29 is 9.59 Å². The first-order chi connectivity index (χ1) is 7.90. The number of aldehydes is 1. The molecular formula is C13H18N2O2. The molecule has 1 heterocycles. The van der Waals surface area contributed by atoms with Gasteiger partial charge in [-0.25, -0.2) is 0 Å². The normalized spacial score (nSPS) is 11.1. The summed E-state index contributed by atoms with van der Waals surface area (Å²) < 4.78 is 0. The number of carbonyl (C=O) groups is 2. The Morgan fingerprint density at radius 1 is 1.47 bits per heavy atom. The van der Waals surface area contributed by atoms with E-state index in [-0.39, 0.29) is 5.91 Å². The summed E-state index contributed by atoms with van der Waals surface area (Å²) in [6.07, 6.45) is 3.00. The quantitative estimate of drug-likeness (QED) is 0.817. The summed E-state index contributed by atoms with van der Waals surface area (Å²) in [5.74, 6) is -0.117. The van der Waals surface area contributed by atoms with Crippen LogP contribution in [0.5, 0.6) is 0 Å². The third-order valence-electron chi connectivity index (χ3n) is 2.45. The van der Waals surface area contributed by atoms with E-state index in [9.17, 15) is 9.59 Å². The number of aryl methyl sites for hydroxylation is 1. The Balaban J connectivity index is 3.07. The van der Waals surface area contributed by atoms with Crippen LogP contribution in [0.25, 0.3) is 0 Å². The van der Waals surface area contributed by atoms with Crippen molar-refractivity contribution in [1.82, 2.24) is 4.98 Å². The Hall–Kier alpha value is -1.71. The molecule has 0 aliphatic heterocycles. The highest BCUT2D eigenvalue weighted by Crippen LogP contribution is 2.21. The van der Waals surface area contributed by atoms with Gasteiger partial charge in [0.1, 0.15) is 0 Å². The Morgan fingerprint density at radius 3 is 2.59 bits per heavy atom. The molecule has 0 atom stereocenters. The molecule has 0 saturated heterocycles. The maximum Gasteiger partial charge on any atom is 0.229 e. The molecule has 0 aliphatic carbocycles. The molecule has 0 radical (unpaired) electrons. The fourth-order valence-corrected chi connectivity index (χ4v) is 1.35. The summed E-state index contributed by atoms with van der Waals surface area (Å²) in [4.78, 5) is 27.0. The number of pyridine rings is 1. The molecule has 17 heavy (non-hydrogen) atoms. The van der Waals surface area contributed by atoms with Crippen LogP contribution in [0.2, 0.25) is 0 Å². The first-order valence-corrected chi connectivity index (χ1v) is 5.64. The Labute approximate surface area is 101 Å². The lowest BCUT2D eigenvalue weighted by atomic mass is 9.95. The maximum absolute atomic E-state index is 11.9. The van der Waals surface area contributed by atoms with Crippen LogP contribution in [0.15, 0.2) is 12.3 Å². The van der Waals surface area contributed by atoms with Crippen molar-refractivity contribution in [3.05, 3.63) is 23.5 Å². The molecule has 1 N–H and O–H groups in total. The van der Waals surface area contributed by atoms with Crippen LogP contribution in [-0.2, 0) is 11.2 Å². The monoisotopic (exact) mass is 234 g/mol. The minimum atomic E-state index is -0.490. The second-order valence-electron chi connectivity index (χ2n) is 4.89. The number of hydrogen-bond acceptors (Lipinski definition) is 3. The lowest BCUT2D eigenvalue weighted by Crippen LogP contribution is -2.28. The van der Waals surface area contributed by atoms with Crippen molar-refractivity contribution in [3.63, 3.8) is 0 Å². The molecule has 1 rings (SSSR count). The Kier molecular flexibility index (Phi) is 3.99. The largest absolute Gasteiger partial charge is 0.325 e. The molecule has 0 saturated carbocycles. The highest BCUT2D eigenvalue weighted by atomic mass is 16.2. The molecule has 0 bridgehead atoms. The number of anilines is 1. The van der Waals surface area contributed by atoms with Gasteiger partial charge >= 0.3 is 0 Å². The number of carbonyl (C=O) groups excluding carboxylic acids is 2. The van der Waals surface area contributed by atoms with Gasteiger partial charge < -0.3 is 5.32 Å². The van der Waals surface area contributed by atoms with Crippen LogP contribution < -0.4 is 5.32 Å². The van der Waals surface area contributed by atoms with Crippen LogP contribution >= 0.6 is 0 Å². The molecule has 1 amide bonds. The summed E-state index contributed by atoms with van der Waals surface area (Å²) in [5.41, 5.74) is 1.21. The third-order valence-corrected chi connectivity index (χ3v) is 2.45. The fourth-order valence-electron chi connectivity index (χ4n) is 1.35. The molecule has 0 aromatic carbocycles.